The van der Waals surface area contributed by atoms with Crippen molar-refractivity contribution in [2.24, 2.45) is 0 Å². The van der Waals surface area contributed by atoms with Crippen molar-refractivity contribution in [2.75, 3.05) is 0 Å². The average molecular weight is 261 g/mol. The van der Waals surface area contributed by atoms with Crippen molar-refractivity contribution in [3.8, 4) is 5.69 Å². The molecule has 0 spiro atoms. The Bertz CT molecular complexity index is 676. The maximum atomic E-state index is 10.9. The molecule has 98 valence electrons. The van der Waals surface area contributed by atoms with E-state index in [1.54, 1.807) is 26.0 Å². The first-order valence-corrected chi connectivity index (χ1v) is 5.46. The SMILES string of the molecule is Cc1c(-n2nc(C(=O)O)cc2C)cccc1[N+](=O)[O-]. The molecule has 7 nitrogen and oxygen atoms in total. The summed E-state index contributed by atoms with van der Waals surface area (Å²) in [6, 6.07) is 6.02. The number of aryl methyl sites for hydroxylation is 1. The van der Waals surface area contributed by atoms with Crippen LogP contribution in [0, 0.1) is 24.0 Å². The van der Waals surface area contributed by atoms with Gasteiger partial charge in [-0.25, -0.2) is 9.48 Å². The number of carboxylic acid groups (broad SMARTS) is 1. The van der Waals surface area contributed by atoms with Crippen molar-refractivity contribution < 1.29 is 14.8 Å². The van der Waals surface area contributed by atoms with E-state index in [1.165, 1.54) is 16.8 Å². The molecule has 0 atom stereocenters. The van der Waals surface area contributed by atoms with Gasteiger partial charge in [0.05, 0.1) is 16.2 Å². The molecule has 0 aliphatic rings. The van der Waals surface area contributed by atoms with Crippen molar-refractivity contribution in [3.05, 3.63) is 51.3 Å². The maximum absolute atomic E-state index is 10.9. The van der Waals surface area contributed by atoms with E-state index in [0.717, 1.165) is 0 Å². The van der Waals surface area contributed by atoms with Crippen molar-refractivity contribution in [1.29, 1.82) is 0 Å². The summed E-state index contributed by atoms with van der Waals surface area (Å²) in [6.07, 6.45) is 0. The number of hydrogen-bond donors (Lipinski definition) is 1. The highest BCUT2D eigenvalue weighted by Gasteiger charge is 2.18. The molecule has 0 aliphatic carbocycles. The molecule has 19 heavy (non-hydrogen) atoms. The highest BCUT2D eigenvalue weighted by atomic mass is 16.6. The summed E-state index contributed by atoms with van der Waals surface area (Å²) >= 11 is 0. The van der Waals surface area contributed by atoms with Gasteiger partial charge in [0.2, 0.25) is 0 Å². The predicted octanol–water partition coefficient (Wildman–Crippen LogP) is 2.10. The molecule has 0 saturated carbocycles. The standard InChI is InChI=1S/C12H11N3O4/c1-7-6-9(12(16)17)13-14(7)10-4-3-5-11(8(10)2)15(18)19/h3-6H,1-2H3,(H,16,17). The maximum Gasteiger partial charge on any atom is 0.356 e. The molecule has 1 aromatic carbocycles. The first kappa shape index (κ1) is 12.7. The van der Waals surface area contributed by atoms with E-state index in [0.29, 0.717) is 16.9 Å². The number of carboxylic acids is 1. The number of nitro benzene ring substituents is 1. The second-order valence-corrected chi connectivity index (χ2v) is 4.07. The molecule has 0 aliphatic heterocycles. The number of aromatic nitrogens is 2. The van der Waals surface area contributed by atoms with Crippen LogP contribution >= 0.6 is 0 Å². The van der Waals surface area contributed by atoms with Gasteiger partial charge >= 0.3 is 5.97 Å². The van der Waals surface area contributed by atoms with Gasteiger partial charge in [0.15, 0.2) is 5.69 Å². The number of carbonyl (C=O) groups is 1. The molecule has 0 fully saturated rings. The highest BCUT2D eigenvalue weighted by Crippen LogP contribution is 2.24. The molecule has 1 N–H and O–H groups in total. The predicted molar refractivity (Wildman–Crippen MR) is 66.7 cm³/mol. The van der Waals surface area contributed by atoms with Gasteiger partial charge < -0.3 is 5.11 Å². The lowest BCUT2D eigenvalue weighted by Gasteiger charge is -2.07. The topological polar surface area (TPSA) is 98.3 Å². The minimum absolute atomic E-state index is 0.0238. The number of rotatable bonds is 3. The number of hydrogen-bond acceptors (Lipinski definition) is 4. The fraction of sp³-hybridized carbons (Fsp3) is 0.167. The summed E-state index contributed by atoms with van der Waals surface area (Å²) in [4.78, 5) is 21.3. The van der Waals surface area contributed by atoms with E-state index in [2.05, 4.69) is 5.10 Å². The van der Waals surface area contributed by atoms with Crippen LogP contribution in [0.1, 0.15) is 21.7 Å². The highest BCUT2D eigenvalue weighted by molar-refractivity contribution is 5.85. The first-order chi connectivity index (χ1) is 8.91. The lowest BCUT2D eigenvalue weighted by Crippen LogP contribution is -2.05. The lowest BCUT2D eigenvalue weighted by atomic mass is 10.1. The summed E-state index contributed by atoms with van der Waals surface area (Å²) in [5.41, 5.74) is 1.42. The number of benzene rings is 1. The Morgan fingerprint density at radius 2 is 2.11 bits per heavy atom. The minimum atomic E-state index is -1.13. The third-order valence-electron chi connectivity index (χ3n) is 2.81. The second-order valence-electron chi connectivity index (χ2n) is 4.07. The van der Waals surface area contributed by atoms with Gasteiger partial charge in [-0.3, -0.25) is 10.1 Å². The average Bonchev–Trinajstić information content (AvgIpc) is 2.71. The largest absolute Gasteiger partial charge is 0.476 e. The van der Waals surface area contributed by atoms with E-state index in [-0.39, 0.29) is 11.4 Å². The van der Waals surface area contributed by atoms with Gasteiger partial charge in [-0.1, -0.05) is 6.07 Å². The number of nitrogens with zero attached hydrogens (tertiary/aromatic N) is 3. The molecule has 0 radical (unpaired) electrons. The van der Waals surface area contributed by atoms with Gasteiger partial charge in [-0.2, -0.15) is 5.10 Å². The van der Waals surface area contributed by atoms with Crippen LogP contribution < -0.4 is 0 Å². The summed E-state index contributed by atoms with van der Waals surface area (Å²) in [5.74, 6) is -1.13. The smallest absolute Gasteiger partial charge is 0.356 e. The molecule has 2 aromatic rings. The van der Waals surface area contributed by atoms with Crippen LogP contribution in [0.5, 0.6) is 0 Å². The summed E-state index contributed by atoms with van der Waals surface area (Å²) < 4.78 is 1.39. The molecule has 1 aromatic heterocycles. The molecule has 0 unspecified atom stereocenters. The van der Waals surface area contributed by atoms with Gasteiger partial charge in [0, 0.05) is 11.8 Å². The van der Waals surface area contributed by atoms with Gasteiger partial charge in [-0.15, -0.1) is 0 Å². The molecule has 1 heterocycles. The van der Waals surface area contributed by atoms with Gasteiger partial charge in [-0.05, 0) is 26.0 Å². The van der Waals surface area contributed by atoms with Crippen molar-refractivity contribution >= 4 is 11.7 Å². The Hall–Kier alpha value is -2.70. The van der Waals surface area contributed by atoms with Crippen LogP contribution in [0.4, 0.5) is 5.69 Å². The fourth-order valence-corrected chi connectivity index (χ4v) is 1.86. The third kappa shape index (κ3) is 2.17. The molecule has 7 heteroatoms. The quantitative estimate of drug-likeness (QED) is 0.673. The zero-order valence-electron chi connectivity index (χ0n) is 10.3. The Labute approximate surface area is 108 Å². The molecule has 0 saturated heterocycles. The Morgan fingerprint density at radius 3 is 2.63 bits per heavy atom. The van der Waals surface area contributed by atoms with Crippen LogP contribution in [0.2, 0.25) is 0 Å². The summed E-state index contributed by atoms with van der Waals surface area (Å²) in [6.45, 7) is 3.30. The third-order valence-corrected chi connectivity index (χ3v) is 2.81. The second kappa shape index (κ2) is 4.52. The van der Waals surface area contributed by atoms with Crippen LogP contribution in [-0.2, 0) is 0 Å². The van der Waals surface area contributed by atoms with E-state index in [1.807, 2.05) is 0 Å². The van der Waals surface area contributed by atoms with Gasteiger partial charge in [0.1, 0.15) is 0 Å². The Kier molecular flexibility index (Phi) is 3.04. The molecule has 0 amide bonds. The Balaban J connectivity index is 2.62. The Morgan fingerprint density at radius 1 is 1.42 bits per heavy atom. The van der Waals surface area contributed by atoms with E-state index < -0.39 is 10.9 Å². The zero-order chi connectivity index (χ0) is 14.2. The van der Waals surface area contributed by atoms with Crippen LogP contribution in [0.15, 0.2) is 24.3 Å². The normalized spacial score (nSPS) is 10.4. The number of aromatic carboxylic acids is 1. The summed E-state index contributed by atoms with van der Waals surface area (Å²) in [7, 11) is 0. The van der Waals surface area contributed by atoms with Crippen molar-refractivity contribution in [1.82, 2.24) is 9.78 Å². The molecular formula is C12H11N3O4. The van der Waals surface area contributed by atoms with Crippen LogP contribution in [0.25, 0.3) is 5.69 Å². The van der Waals surface area contributed by atoms with Crippen LogP contribution in [-0.4, -0.2) is 25.8 Å². The minimum Gasteiger partial charge on any atom is -0.476 e. The fourth-order valence-electron chi connectivity index (χ4n) is 1.86. The monoisotopic (exact) mass is 261 g/mol. The van der Waals surface area contributed by atoms with Crippen LogP contribution in [0.3, 0.4) is 0 Å². The first-order valence-electron chi connectivity index (χ1n) is 5.46. The number of nitro groups is 1. The molecular weight excluding hydrogens is 250 g/mol. The van der Waals surface area contributed by atoms with Crippen molar-refractivity contribution in [2.45, 2.75) is 13.8 Å². The zero-order valence-corrected chi connectivity index (χ0v) is 10.3. The molecule has 2 rings (SSSR count). The summed E-state index contributed by atoms with van der Waals surface area (Å²) in [5, 5.41) is 23.7. The lowest BCUT2D eigenvalue weighted by molar-refractivity contribution is -0.385. The van der Waals surface area contributed by atoms with E-state index in [4.69, 9.17) is 5.11 Å². The van der Waals surface area contributed by atoms with Gasteiger partial charge in [0.25, 0.3) is 5.69 Å². The van der Waals surface area contributed by atoms with E-state index >= 15 is 0 Å². The van der Waals surface area contributed by atoms with Crippen molar-refractivity contribution in [3.63, 3.8) is 0 Å². The van der Waals surface area contributed by atoms with E-state index in [9.17, 15) is 14.9 Å². The molecule has 0 bridgehead atoms.